The molecule has 0 aliphatic carbocycles. The maximum atomic E-state index is 6.09. The summed E-state index contributed by atoms with van der Waals surface area (Å²) in [6.07, 6.45) is 0. The van der Waals surface area contributed by atoms with Crippen LogP contribution >= 0.6 is 23.2 Å². The molecule has 0 saturated carbocycles. The molecule has 2 rings (SSSR count). The topological polar surface area (TPSA) is 35.2 Å². The minimum atomic E-state index is 0.427. The van der Waals surface area contributed by atoms with E-state index in [-0.39, 0.29) is 0 Å². The maximum Gasteiger partial charge on any atom is 0.157 e. The molecule has 100 valence electrons. The van der Waals surface area contributed by atoms with Crippen LogP contribution in [0.25, 0.3) is 0 Å². The van der Waals surface area contributed by atoms with E-state index in [2.05, 4.69) is 26.0 Å². The van der Waals surface area contributed by atoms with Gasteiger partial charge in [-0.05, 0) is 42.7 Å². The number of anilines is 1. The molecular formula is C15H15Cl2NO. The highest BCUT2D eigenvalue weighted by atomic mass is 35.5. The van der Waals surface area contributed by atoms with Crippen molar-refractivity contribution in [1.82, 2.24) is 0 Å². The van der Waals surface area contributed by atoms with E-state index in [9.17, 15) is 0 Å². The van der Waals surface area contributed by atoms with Crippen LogP contribution in [0.4, 0.5) is 5.69 Å². The molecule has 2 N–H and O–H groups in total. The molecular weight excluding hydrogens is 281 g/mol. The van der Waals surface area contributed by atoms with Crippen LogP contribution in [-0.4, -0.2) is 0 Å². The molecule has 0 fully saturated rings. The zero-order chi connectivity index (χ0) is 14.0. The molecule has 0 heterocycles. The first-order valence-electron chi connectivity index (χ1n) is 5.91. The molecule has 0 aromatic heterocycles. The summed E-state index contributed by atoms with van der Waals surface area (Å²) in [6.45, 7) is 4.54. The van der Waals surface area contributed by atoms with E-state index in [4.69, 9.17) is 33.7 Å². The molecule has 2 nitrogen and oxygen atoms in total. The number of hydrogen-bond acceptors (Lipinski definition) is 2. The summed E-state index contributed by atoms with van der Waals surface area (Å²) in [7, 11) is 0. The summed E-state index contributed by atoms with van der Waals surface area (Å²) in [5.74, 6) is 0.472. The molecule has 4 heteroatoms. The highest BCUT2D eigenvalue weighted by Gasteiger charge is 2.10. The van der Waals surface area contributed by atoms with E-state index < -0.39 is 0 Å². The van der Waals surface area contributed by atoms with Gasteiger partial charge in [0.05, 0.1) is 10.0 Å². The standard InChI is InChI=1S/C15H15Cl2NO/c1-9-4-3-5-10(2)12(9)8-19-15-13(16)6-11(18)7-14(15)17/h3-7H,8,18H2,1-2H3. The van der Waals surface area contributed by atoms with Crippen LogP contribution in [0.5, 0.6) is 5.75 Å². The van der Waals surface area contributed by atoms with Crippen molar-refractivity contribution in [2.24, 2.45) is 0 Å². The number of nitrogen functional groups attached to an aromatic ring is 1. The second-order valence-corrected chi connectivity index (χ2v) is 5.29. The number of aryl methyl sites for hydroxylation is 2. The Morgan fingerprint density at radius 2 is 1.58 bits per heavy atom. The first-order valence-corrected chi connectivity index (χ1v) is 6.67. The Labute approximate surface area is 123 Å². The van der Waals surface area contributed by atoms with Crippen molar-refractivity contribution in [3.8, 4) is 5.75 Å². The van der Waals surface area contributed by atoms with E-state index in [1.165, 1.54) is 11.1 Å². The van der Waals surface area contributed by atoms with Gasteiger partial charge in [0, 0.05) is 5.69 Å². The second-order valence-electron chi connectivity index (χ2n) is 4.47. The van der Waals surface area contributed by atoms with Gasteiger partial charge < -0.3 is 10.5 Å². The van der Waals surface area contributed by atoms with Gasteiger partial charge in [-0.15, -0.1) is 0 Å². The summed E-state index contributed by atoms with van der Waals surface area (Å²) in [6, 6.07) is 9.40. The molecule has 19 heavy (non-hydrogen) atoms. The Hall–Kier alpha value is -1.38. The lowest BCUT2D eigenvalue weighted by Crippen LogP contribution is -2.01. The van der Waals surface area contributed by atoms with Crippen LogP contribution in [-0.2, 0) is 6.61 Å². The Kier molecular flexibility index (Phi) is 4.23. The van der Waals surface area contributed by atoms with Gasteiger partial charge in [-0.25, -0.2) is 0 Å². The lowest BCUT2D eigenvalue weighted by molar-refractivity contribution is 0.305. The summed E-state index contributed by atoms with van der Waals surface area (Å²) in [5.41, 5.74) is 9.69. The number of nitrogens with two attached hydrogens (primary N) is 1. The molecule has 0 unspecified atom stereocenters. The minimum Gasteiger partial charge on any atom is -0.486 e. The predicted molar refractivity (Wildman–Crippen MR) is 81.1 cm³/mol. The van der Waals surface area contributed by atoms with Crippen LogP contribution in [0.2, 0.25) is 10.0 Å². The minimum absolute atomic E-state index is 0.427. The fraction of sp³-hybridized carbons (Fsp3) is 0.200. The number of hydrogen-bond donors (Lipinski definition) is 1. The normalized spacial score (nSPS) is 10.5. The van der Waals surface area contributed by atoms with E-state index in [1.54, 1.807) is 12.1 Å². The van der Waals surface area contributed by atoms with Gasteiger partial charge in [0.15, 0.2) is 5.75 Å². The fourth-order valence-electron chi connectivity index (χ4n) is 1.94. The van der Waals surface area contributed by atoms with Crippen molar-refractivity contribution >= 4 is 28.9 Å². The van der Waals surface area contributed by atoms with Crippen LogP contribution in [0.3, 0.4) is 0 Å². The van der Waals surface area contributed by atoms with Gasteiger partial charge in [0.1, 0.15) is 6.61 Å². The Bertz CT molecular complexity index is 568. The molecule has 0 saturated heterocycles. The lowest BCUT2D eigenvalue weighted by Gasteiger charge is -2.14. The number of rotatable bonds is 3. The largest absolute Gasteiger partial charge is 0.486 e. The van der Waals surface area contributed by atoms with Gasteiger partial charge >= 0.3 is 0 Å². The van der Waals surface area contributed by atoms with Crippen LogP contribution < -0.4 is 10.5 Å². The molecule has 0 amide bonds. The number of benzene rings is 2. The smallest absolute Gasteiger partial charge is 0.157 e. The molecule has 0 atom stereocenters. The van der Waals surface area contributed by atoms with Gasteiger partial charge in [0.2, 0.25) is 0 Å². The Morgan fingerprint density at radius 1 is 1.05 bits per heavy atom. The Morgan fingerprint density at radius 3 is 2.11 bits per heavy atom. The van der Waals surface area contributed by atoms with Crippen molar-refractivity contribution in [1.29, 1.82) is 0 Å². The van der Waals surface area contributed by atoms with Crippen molar-refractivity contribution in [3.63, 3.8) is 0 Å². The Balaban J connectivity index is 2.24. The molecule has 0 aliphatic rings. The number of halogens is 2. The van der Waals surface area contributed by atoms with E-state index in [1.807, 2.05) is 6.07 Å². The molecule has 0 bridgehead atoms. The van der Waals surface area contributed by atoms with E-state index in [0.717, 1.165) is 5.56 Å². The molecule has 2 aromatic rings. The summed E-state index contributed by atoms with van der Waals surface area (Å²) < 4.78 is 5.75. The highest BCUT2D eigenvalue weighted by molar-refractivity contribution is 6.37. The first-order chi connectivity index (χ1) is 8.99. The summed E-state index contributed by atoms with van der Waals surface area (Å²) >= 11 is 12.2. The third-order valence-electron chi connectivity index (χ3n) is 3.03. The average Bonchev–Trinajstić information content (AvgIpc) is 2.31. The third kappa shape index (κ3) is 3.14. The van der Waals surface area contributed by atoms with Crippen molar-refractivity contribution < 1.29 is 4.74 Å². The zero-order valence-electron chi connectivity index (χ0n) is 10.8. The predicted octanol–water partition coefficient (Wildman–Crippen LogP) is 4.77. The van der Waals surface area contributed by atoms with E-state index >= 15 is 0 Å². The molecule has 2 aromatic carbocycles. The molecule has 0 radical (unpaired) electrons. The zero-order valence-corrected chi connectivity index (χ0v) is 12.3. The SMILES string of the molecule is Cc1cccc(C)c1COc1c(Cl)cc(N)cc1Cl. The van der Waals surface area contributed by atoms with Crippen LogP contribution in [0, 0.1) is 13.8 Å². The van der Waals surface area contributed by atoms with Crippen LogP contribution in [0.15, 0.2) is 30.3 Å². The summed E-state index contributed by atoms with van der Waals surface area (Å²) in [5, 5.41) is 0.854. The quantitative estimate of drug-likeness (QED) is 0.828. The van der Waals surface area contributed by atoms with Gasteiger partial charge in [0.25, 0.3) is 0 Å². The van der Waals surface area contributed by atoms with Gasteiger partial charge in [-0.2, -0.15) is 0 Å². The highest BCUT2D eigenvalue weighted by Crippen LogP contribution is 2.35. The average molecular weight is 296 g/mol. The second kappa shape index (κ2) is 5.72. The lowest BCUT2D eigenvalue weighted by atomic mass is 10.0. The van der Waals surface area contributed by atoms with Gasteiger partial charge in [-0.1, -0.05) is 41.4 Å². The van der Waals surface area contributed by atoms with Crippen LogP contribution in [0.1, 0.15) is 16.7 Å². The fourth-order valence-corrected chi connectivity index (χ4v) is 2.55. The van der Waals surface area contributed by atoms with Crippen molar-refractivity contribution in [2.45, 2.75) is 20.5 Å². The molecule has 0 aliphatic heterocycles. The third-order valence-corrected chi connectivity index (χ3v) is 3.59. The van der Waals surface area contributed by atoms with Crippen molar-refractivity contribution in [2.75, 3.05) is 5.73 Å². The summed E-state index contributed by atoms with van der Waals surface area (Å²) in [4.78, 5) is 0. The first kappa shape index (κ1) is 14.0. The maximum absolute atomic E-state index is 6.09. The van der Waals surface area contributed by atoms with Crippen molar-refractivity contribution in [3.05, 3.63) is 57.1 Å². The van der Waals surface area contributed by atoms with E-state index in [0.29, 0.717) is 28.1 Å². The molecule has 0 spiro atoms. The van der Waals surface area contributed by atoms with Gasteiger partial charge in [-0.3, -0.25) is 0 Å². The number of ether oxygens (including phenoxy) is 1. The monoisotopic (exact) mass is 295 g/mol.